The molecular weight excluding hydrogens is 369 g/mol. The first-order chi connectivity index (χ1) is 12.2. The van der Waals surface area contributed by atoms with Crippen LogP contribution in [0.1, 0.15) is 60.2 Å². The molecule has 0 bridgehead atoms. The molecule has 2 aromatic carbocycles. The molecule has 0 N–H and O–H groups in total. The van der Waals surface area contributed by atoms with Gasteiger partial charge in [-0.25, -0.2) is 0 Å². The third-order valence-electron chi connectivity index (χ3n) is 4.86. The van der Waals surface area contributed by atoms with Gasteiger partial charge in [0, 0.05) is 0 Å². The summed E-state index contributed by atoms with van der Waals surface area (Å²) in [4.78, 5) is 27.1. The second kappa shape index (κ2) is 9.71. The molecule has 0 aliphatic heterocycles. The SMILES string of the molecule is CCC[CH2][Ge]([CH2]CCC)([C](=O)c1ccccc1)[C](=O)c1ccccc1. The number of carbonyl (C=O) groups is 2. The first kappa shape index (κ1) is 19.6. The van der Waals surface area contributed by atoms with Crippen molar-refractivity contribution in [2.75, 3.05) is 0 Å². The molecule has 2 aromatic rings. The van der Waals surface area contributed by atoms with Gasteiger partial charge in [-0.2, -0.15) is 0 Å². The van der Waals surface area contributed by atoms with E-state index in [4.69, 9.17) is 0 Å². The Balaban J connectivity index is 2.50. The van der Waals surface area contributed by atoms with Crippen molar-refractivity contribution >= 4 is 22.5 Å². The van der Waals surface area contributed by atoms with Crippen molar-refractivity contribution < 1.29 is 9.59 Å². The van der Waals surface area contributed by atoms with Crippen molar-refractivity contribution in [2.24, 2.45) is 0 Å². The molecule has 132 valence electrons. The number of carbonyl (C=O) groups excluding carboxylic acids is 2. The molecular formula is C22H28GeO2. The molecule has 0 amide bonds. The van der Waals surface area contributed by atoms with E-state index in [1.807, 2.05) is 60.7 Å². The summed E-state index contributed by atoms with van der Waals surface area (Å²) in [5.41, 5.74) is 1.44. The number of hydrogen-bond donors (Lipinski definition) is 0. The van der Waals surface area contributed by atoms with E-state index in [0.717, 1.165) is 47.3 Å². The van der Waals surface area contributed by atoms with Gasteiger partial charge in [-0.3, -0.25) is 0 Å². The molecule has 0 fully saturated rings. The predicted molar refractivity (Wildman–Crippen MR) is 107 cm³/mol. The maximum absolute atomic E-state index is 13.6. The molecule has 25 heavy (non-hydrogen) atoms. The Hall–Kier alpha value is -1.68. The molecule has 0 radical (unpaired) electrons. The standard InChI is InChI=1S/C22H28GeO2/c1-3-5-17-23(18-6-4-2,21(24)19-13-9-7-10-14-19)22(25)20-15-11-8-12-16-20/h7-16H,3-6,17-18H2,1-2H3. The third kappa shape index (κ3) is 4.69. The first-order valence-corrected chi connectivity index (χ1v) is 14.4. The summed E-state index contributed by atoms with van der Waals surface area (Å²) in [5.74, 6) is 0. The minimum absolute atomic E-state index is 0.163. The van der Waals surface area contributed by atoms with E-state index in [-0.39, 0.29) is 9.23 Å². The summed E-state index contributed by atoms with van der Waals surface area (Å²) in [6.45, 7) is 4.26. The first-order valence-electron chi connectivity index (χ1n) is 9.35. The van der Waals surface area contributed by atoms with Crippen molar-refractivity contribution in [1.29, 1.82) is 0 Å². The number of benzene rings is 2. The Morgan fingerprint density at radius 2 is 1.04 bits per heavy atom. The number of rotatable bonds is 10. The van der Waals surface area contributed by atoms with Crippen LogP contribution in [-0.4, -0.2) is 22.5 Å². The summed E-state index contributed by atoms with van der Waals surface area (Å²) < 4.78 is 0.327. The monoisotopic (exact) mass is 398 g/mol. The fourth-order valence-corrected chi connectivity index (χ4v) is 13.3. The zero-order valence-electron chi connectivity index (χ0n) is 15.3. The van der Waals surface area contributed by atoms with E-state index in [2.05, 4.69) is 13.8 Å². The zero-order chi connectivity index (χ0) is 18.1. The maximum atomic E-state index is 13.6. The fraction of sp³-hybridized carbons (Fsp3) is 0.364. The van der Waals surface area contributed by atoms with E-state index in [0.29, 0.717) is 0 Å². The van der Waals surface area contributed by atoms with E-state index < -0.39 is 13.3 Å². The molecule has 0 aliphatic rings. The van der Waals surface area contributed by atoms with Crippen molar-refractivity contribution in [3.63, 3.8) is 0 Å². The number of hydrogen-bond acceptors (Lipinski definition) is 2. The molecule has 0 spiro atoms. The van der Waals surface area contributed by atoms with Crippen molar-refractivity contribution in [3.8, 4) is 0 Å². The summed E-state index contributed by atoms with van der Waals surface area (Å²) in [6, 6.07) is 18.9. The van der Waals surface area contributed by atoms with Gasteiger partial charge < -0.3 is 0 Å². The molecule has 0 aliphatic carbocycles. The van der Waals surface area contributed by atoms with Crippen LogP contribution < -0.4 is 0 Å². The van der Waals surface area contributed by atoms with Gasteiger partial charge in [-0.15, -0.1) is 0 Å². The Morgan fingerprint density at radius 1 is 0.680 bits per heavy atom. The summed E-state index contributed by atoms with van der Waals surface area (Å²) >= 11 is -3.45. The van der Waals surface area contributed by atoms with E-state index >= 15 is 0 Å². The van der Waals surface area contributed by atoms with Gasteiger partial charge >= 0.3 is 154 Å². The predicted octanol–water partition coefficient (Wildman–Crippen LogP) is 5.88. The van der Waals surface area contributed by atoms with Gasteiger partial charge in [0.15, 0.2) is 0 Å². The quantitative estimate of drug-likeness (QED) is 0.470. The van der Waals surface area contributed by atoms with E-state index in [9.17, 15) is 9.59 Å². The van der Waals surface area contributed by atoms with Crippen LogP contribution in [0.3, 0.4) is 0 Å². The second-order valence-corrected chi connectivity index (χ2v) is 15.2. The summed E-state index contributed by atoms with van der Waals surface area (Å²) in [7, 11) is 0. The Kier molecular flexibility index (Phi) is 7.63. The van der Waals surface area contributed by atoms with Gasteiger partial charge in [-0.05, 0) is 0 Å². The van der Waals surface area contributed by atoms with Crippen molar-refractivity contribution in [2.45, 2.75) is 50.0 Å². The number of unbranched alkanes of at least 4 members (excludes halogenated alkanes) is 2. The molecule has 2 rings (SSSR count). The van der Waals surface area contributed by atoms with Crippen LogP contribution in [0.5, 0.6) is 0 Å². The van der Waals surface area contributed by atoms with Crippen molar-refractivity contribution in [1.82, 2.24) is 0 Å². The summed E-state index contributed by atoms with van der Waals surface area (Å²) in [5, 5.41) is 1.61. The molecule has 0 heterocycles. The van der Waals surface area contributed by atoms with Crippen LogP contribution in [-0.2, 0) is 0 Å². The molecule has 0 atom stereocenters. The topological polar surface area (TPSA) is 34.1 Å². The van der Waals surface area contributed by atoms with Crippen LogP contribution in [0, 0.1) is 0 Å². The normalized spacial score (nSPS) is 11.3. The zero-order valence-corrected chi connectivity index (χ0v) is 17.4. The van der Waals surface area contributed by atoms with Crippen LogP contribution in [0.25, 0.3) is 0 Å². The van der Waals surface area contributed by atoms with Crippen LogP contribution in [0.4, 0.5) is 0 Å². The molecule has 0 unspecified atom stereocenters. The molecule has 0 saturated heterocycles. The molecule has 2 nitrogen and oxygen atoms in total. The Labute approximate surface area is 154 Å². The van der Waals surface area contributed by atoms with Gasteiger partial charge in [0.1, 0.15) is 0 Å². The van der Waals surface area contributed by atoms with Crippen molar-refractivity contribution in [3.05, 3.63) is 71.8 Å². The summed E-state index contributed by atoms with van der Waals surface area (Å²) in [6.07, 6.45) is 3.95. The Morgan fingerprint density at radius 3 is 1.36 bits per heavy atom. The second-order valence-electron chi connectivity index (χ2n) is 6.68. The van der Waals surface area contributed by atoms with Gasteiger partial charge in [-0.1, -0.05) is 0 Å². The van der Waals surface area contributed by atoms with E-state index in [1.165, 1.54) is 0 Å². The average molecular weight is 397 g/mol. The molecule has 0 saturated carbocycles. The van der Waals surface area contributed by atoms with Crippen LogP contribution >= 0.6 is 0 Å². The van der Waals surface area contributed by atoms with Gasteiger partial charge in [0.25, 0.3) is 0 Å². The van der Waals surface area contributed by atoms with Gasteiger partial charge in [0.05, 0.1) is 0 Å². The van der Waals surface area contributed by atoms with Crippen LogP contribution in [0.2, 0.25) is 10.5 Å². The molecule has 0 aromatic heterocycles. The Bertz CT molecular complexity index is 618. The fourth-order valence-electron chi connectivity index (χ4n) is 3.37. The van der Waals surface area contributed by atoms with Crippen LogP contribution in [0.15, 0.2) is 60.7 Å². The van der Waals surface area contributed by atoms with E-state index in [1.54, 1.807) is 0 Å². The van der Waals surface area contributed by atoms with Gasteiger partial charge in [0.2, 0.25) is 0 Å². The average Bonchev–Trinajstić information content (AvgIpc) is 2.69. The minimum atomic E-state index is -3.45. The molecule has 3 heteroatoms. The third-order valence-corrected chi connectivity index (χ3v) is 14.8.